The summed E-state index contributed by atoms with van der Waals surface area (Å²) in [5.41, 5.74) is 0. The number of rotatable bonds is 0. The standard InChI is InChI=1S/7O.2Th.2Y/q7*-2;2*+4;2*+3. The van der Waals surface area contributed by atoms with Crippen LogP contribution in [-0.4, -0.2) is 0 Å². The summed E-state index contributed by atoms with van der Waals surface area (Å²) in [7, 11) is 0. The minimum absolute atomic E-state index is 0. The fourth-order valence-electron chi connectivity index (χ4n) is 0. The van der Waals surface area contributed by atoms with Gasteiger partial charge in [-0.25, -0.2) is 0 Å². The van der Waals surface area contributed by atoms with E-state index in [2.05, 4.69) is 0 Å². The monoisotopic (exact) mass is 754 g/mol. The van der Waals surface area contributed by atoms with Gasteiger partial charge in [0.1, 0.15) is 0 Å². The molecule has 0 heterocycles. The Morgan fingerprint density at radius 1 is 0.273 bits per heavy atom. The first kappa shape index (κ1) is 158. The molecule has 0 aromatic rings. The van der Waals surface area contributed by atoms with E-state index in [4.69, 9.17) is 0 Å². The van der Waals surface area contributed by atoms with Gasteiger partial charge in [0.15, 0.2) is 0 Å². The van der Waals surface area contributed by atoms with Crippen LogP contribution in [0.1, 0.15) is 0 Å². The SMILES string of the molecule is [O-2].[O-2].[O-2].[O-2].[O-2].[O-2].[O-2].[Th+4].[Th+4].[Y+3].[Y+3]. The molecular formula is O7Th2Y2. The molecule has 0 saturated heterocycles. The number of hydrogen-bond donors (Lipinski definition) is 0. The summed E-state index contributed by atoms with van der Waals surface area (Å²) >= 11 is 0. The second-order valence-electron chi connectivity index (χ2n) is 0. The fraction of sp³-hybridized carbons (Fsp3) is 0. The van der Waals surface area contributed by atoms with Gasteiger partial charge in [-0.15, -0.1) is 0 Å². The van der Waals surface area contributed by atoms with Crippen molar-refractivity contribution >= 4 is 0 Å². The Bertz CT molecular complexity index is 14.4. The van der Waals surface area contributed by atoms with Crippen molar-refractivity contribution in [2.45, 2.75) is 0 Å². The van der Waals surface area contributed by atoms with Crippen LogP contribution in [0.2, 0.25) is 0 Å². The summed E-state index contributed by atoms with van der Waals surface area (Å²) in [5.74, 6) is 0. The molecule has 0 N–H and O–H groups in total. The van der Waals surface area contributed by atoms with Crippen LogP contribution in [0.25, 0.3) is 0 Å². The van der Waals surface area contributed by atoms with Crippen molar-refractivity contribution in [3.05, 3.63) is 0 Å². The van der Waals surface area contributed by atoms with Crippen LogP contribution in [0.15, 0.2) is 0 Å². The van der Waals surface area contributed by atoms with E-state index in [1.165, 1.54) is 0 Å². The van der Waals surface area contributed by atoms with Gasteiger partial charge in [-0.2, -0.15) is 0 Å². The predicted octanol–water partition coefficient (Wildman–Crippen LogP) is -0.837. The zero-order valence-corrected chi connectivity index (χ0v) is 18.9. The molecule has 0 aliphatic heterocycles. The molecule has 7 nitrogen and oxygen atoms in total. The first-order chi connectivity index (χ1) is 0. The molecule has 11 heteroatoms. The maximum atomic E-state index is 0. The number of hydrogen-bond acceptors (Lipinski definition) is 0. The van der Waals surface area contributed by atoms with Crippen molar-refractivity contribution in [2.75, 3.05) is 0 Å². The second kappa shape index (κ2) is 128. The molecule has 0 saturated carbocycles. The van der Waals surface area contributed by atoms with Crippen molar-refractivity contribution in [3.8, 4) is 0 Å². The van der Waals surface area contributed by atoms with E-state index in [1.807, 2.05) is 0 Å². The first-order valence-corrected chi connectivity index (χ1v) is 0. The van der Waals surface area contributed by atoms with E-state index in [9.17, 15) is 0 Å². The van der Waals surface area contributed by atoms with Gasteiger partial charge in [-0.1, -0.05) is 0 Å². The molecule has 0 aromatic heterocycles. The van der Waals surface area contributed by atoms with Crippen LogP contribution in [0, 0.1) is 79.9 Å². The molecule has 0 spiro atoms. The molecule has 0 aliphatic rings. The summed E-state index contributed by atoms with van der Waals surface area (Å²) in [4.78, 5) is 0. The van der Waals surface area contributed by atoms with Crippen molar-refractivity contribution in [1.29, 1.82) is 0 Å². The summed E-state index contributed by atoms with van der Waals surface area (Å²) in [6.07, 6.45) is 0. The molecule has 11 heavy (non-hydrogen) atoms. The summed E-state index contributed by atoms with van der Waals surface area (Å²) in [5, 5.41) is 0. The topological polar surface area (TPSA) is 200 Å². The predicted molar refractivity (Wildman–Crippen MR) is 4.81 cm³/mol. The molecule has 0 aromatic carbocycles. The zero-order valence-electron chi connectivity index (χ0n) is 5.01. The van der Waals surface area contributed by atoms with Gasteiger partial charge < -0.3 is 38.3 Å². The molecule has 0 atom stereocenters. The quantitative estimate of drug-likeness (QED) is 0.298. The smallest absolute Gasteiger partial charge is 2.00 e. The van der Waals surface area contributed by atoms with Gasteiger partial charge in [-0.05, 0) is 0 Å². The third-order valence-electron chi connectivity index (χ3n) is 0. The van der Waals surface area contributed by atoms with Crippen molar-refractivity contribution in [3.63, 3.8) is 0 Å². The maximum absolute atomic E-state index is 0. The van der Waals surface area contributed by atoms with Gasteiger partial charge in [-0.3, -0.25) is 0 Å². The zero-order chi connectivity index (χ0) is 0. The minimum Gasteiger partial charge on any atom is -2.00 e. The van der Waals surface area contributed by atoms with Crippen LogP contribution in [0.3, 0.4) is 0 Å². The molecule has 56 valence electrons. The molecule has 0 aliphatic carbocycles. The van der Waals surface area contributed by atoms with Crippen LogP contribution < -0.4 is 0 Å². The second-order valence-corrected chi connectivity index (χ2v) is 0. The third-order valence-corrected chi connectivity index (χ3v) is 0. The Kier molecular flexibility index (Phi) is 1840. The fourth-order valence-corrected chi connectivity index (χ4v) is 0. The van der Waals surface area contributed by atoms with Crippen molar-refractivity contribution in [2.24, 2.45) is 0 Å². The minimum atomic E-state index is 0. The molecule has 0 rings (SSSR count). The van der Waals surface area contributed by atoms with Gasteiger partial charge in [0.05, 0.1) is 0 Å². The van der Waals surface area contributed by atoms with Crippen molar-refractivity contribution < 1.29 is 184 Å². The Hall–Kier alpha value is 4.58. The van der Waals surface area contributed by atoms with Crippen LogP contribution in [-0.2, 0) is 104 Å². The van der Waals surface area contributed by atoms with Gasteiger partial charge >= 0.3 is 145 Å². The average Bonchev–Trinajstić information content (AvgIpc) is 0. The van der Waals surface area contributed by atoms with E-state index in [0.717, 1.165) is 0 Å². The van der Waals surface area contributed by atoms with E-state index >= 15 is 0 Å². The van der Waals surface area contributed by atoms with Gasteiger partial charge in [0.25, 0.3) is 0 Å². The van der Waals surface area contributed by atoms with E-state index in [-0.39, 0.29) is 184 Å². The normalized spacial score (nSPS) is 0. The van der Waals surface area contributed by atoms with E-state index in [1.54, 1.807) is 0 Å². The molecular weight excluding hydrogens is 754 g/mol. The summed E-state index contributed by atoms with van der Waals surface area (Å²) < 4.78 is 0. The largest absolute Gasteiger partial charge is 4.00 e. The molecule has 0 bridgehead atoms. The van der Waals surface area contributed by atoms with E-state index < -0.39 is 0 Å². The third kappa shape index (κ3) is 110. The van der Waals surface area contributed by atoms with Crippen LogP contribution in [0.4, 0.5) is 0 Å². The summed E-state index contributed by atoms with van der Waals surface area (Å²) in [6, 6.07) is 0. The van der Waals surface area contributed by atoms with Crippen molar-refractivity contribution in [1.82, 2.24) is 0 Å². The first-order valence-electron chi connectivity index (χ1n) is 0. The maximum Gasteiger partial charge on any atom is 4.00 e. The Morgan fingerprint density at radius 2 is 0.273 bits per heavy atom. The van der Waals surface area contributed by atoms with Gasteiger partial charge in [0, 0.05) is 0 Å². The Balaban J connectivity index is 0. The van der Waals surface area contributed by atoms with Crippen LogP contribution in [0.5, 0.6) is 0 Å². The molecule has 0 amide bonds. The summed E-state index contributed by atoms with van der Waals surface area (Å²) in [6.45, 7) is 0. The Labute approximate surface area is 179 Å². The molecule has 0 radical (unpaired) electrons. The van der Waals surface area contributed by atoms with E-state index in [0.29, 0.717) is 0 Å². The molecule has 0 fully saturated rings. The van der Waals surface area contributed by atoms with Crippen LogP contribution >= 0.6 is 0 Å². The Morgan fingerprint density at radius 3 is 0.273 bits per heavy atom. The molecule has 0 unspecified atom stereocenters. The van der Waals surface area contributed by atoms with Gasteiger partial charge in [0.2, 0.25) is 0 Å². The average molecular weight is 754 g/mol.